The van der Waals surface area contributed by atoms with Crippen LogP contribution < -0.4 is 4.90 Å². The molecule has 1 aliphatic carbocycles. The highest BCUT2D eigenvalue weighted by atomic mass is 16.7. The summed E-state index contributed by atoms with van der Waals surface area (Å²) in [5, 5.41) is 0. The smallest absolute Gasteiger partial charge is 0.399 e. The minimum atomic E-state index is -0.469. The van der Waals surface area contributed by atoms with Crippen molar-refractivity contribution < 1.29 is 23.6 Å². The Morgan fingerprint density at radius 3 is 2.59 bits per heavy atom. The Hall–Kier alpha value is -1.93. The van der Waals surface area contributed by atoms with E-state index in [0.29, 0.717) is 13.0 Å². The van der Waals surface area contributed by atoms with Gasteiger partial charge in [0.15, 0.2) is 6.29 Å². The number of benzene rings is 1. The van der Waals surface area contributed by atoms with Gasteiger partial charge in [-0.2, -0.15) is 0 Å². The van der Waals surface area contributed by atoms with Crippen molar-refractivity contribution in [3.05, 3.63) is 52.5 Å². The van der Waals surface area contributed by atoms with Gasteiger partial charge < -0.3 is 23.7 Å². The molecule has 4 aliphatic heterocycles. The molecule has 0 aromatic heterocycles. The van der Waals surface area contributed by atoms with E-state index in [1.54, 1.807) is 0 Å². The van der Waals surface area contributed by atoms with E-state index in [2.05, 4.69) is 52.0 Å². The number of hydrogen-bond acceptors (Lipinski definition) is 5. The summed E-state index contributed by atoms with van der Waals surface area (Å²) in [6.45, 7) is 9.53. The lowest BCUT2D eigenvalue weighted by Crippen LogP contribution is -2.47. The molecule has 1 unspecified atom stereocenters. The Labute approximate surface area is 202 Å². The Morgan fingerprint density at radius 1 is 1.09 bits per heavy atom. The number of fused-ring (bicyclic) bond motifs is 3. The number of para-hydroxylation sites is 1. The fourth-order valence-electron chi connectivity index (χ4n) is 6.02. The van der Waals surface area contributed by atoms with Crippen molar-refractivity contribution in [2.24, 2.45) is 0 Å². The lowest BCUT2D eigenvalue weighted by molar-refractivity contribution is -0.157. The second-order valence-corrected chi connectivity index (χ2v) is 11.1. The van der Waals surface area contributed by atoms with Gasteiger partial charge in [-0.15, -0.1) is 0 Å². The Morgan fingerprint density at radius 2 is 1.85 bits per heavy atom. The molecule has 0 saturated carbocycles. The fourth-order valence-corrected chi connectivity index (χ4v) is 6.02. The van der Waals surface area contributed by atoms with Crippen molar-refractivity contribution >= 4 is 18.7 Å². The van der Waals surface area contributed by atoms with E-state index in [-0.39, 0.29) is 24.2 Å². The summed E-state index contributed by atoms with van der Waals surface area (Å²) in [6.07, 6.45) is 6.48. The van der Waals surface area contributed by atoms with Gasteiger partial charge in [-0.05, 0) is 81.6 Å². The molecule has 1 aromatic carbocycles. The fraction of sp³-hybridized carbons (Fsp3) is 0.593. The molecular formula is C27H34BNO5. The predicted molar refractivity (Wildman–Crippen MR) is 130 cm³/mol. The van der Waals surface area contributed by atoms with E-state index in [9.17, 15) is 4.79 Å². The van der Waals surface area contributed by atoms with Gasteiger partial charge in [0.25, 0.3) is 0 Å². The third-order valence-corrected chi connectivity index (χ3v) is 8.56. The van der Waals surface area contributed by atoms with Gasteiger partial charge in [0.1, 0.15) is 0 Å². The molecule has 34 heavy (non-hydrogen) atoms. The number of carbonyl (C=O) groups excluding carboxylic acids is 1. The molecule has 1 amide bonds. The van der Waals surface area contributed by atoms with Crippen molar-refractivity contribution in [2.75, 3.05) is 18.1 Å². The van der Waals surface area contributed by atoms with Crippen molar-refractivity contribution in [3.63, 3.8) is 0 Å². The number of piperidine rings is 1. The first-order valence-corrected chi connectivity index (χ1v) is 12.7. The van der Waals surface area contributed by atoms with Crippen LogP contribution in [0.5, 0.6) is 0 Å². The normalized spacial score (nSPS) is 31.5. The zero-order chi connectivity index (χ0) is 23.7. The van der Waals surface area contributed by atoms with Crippen LogP contribution in [0.25, 0.3) is 0 Å². The predicted octanol–water partition coefficient (Wildman–Crippen LogP) is 4.69. The third-order valence-electron chi connectivity index (χ3n) is 8.56. The average Bonchev–Trinajstić information content (AvgIpc) is 3.27. The number of ether oxygens (including phenoxy) is 2. The maximum Gasteiger partial charge on any atom is 0.494 e. The highest BCUT2D eigenvalue weighted by Crippen LogP contribution is 2.54. The van der Waals surface area contributed by atoms with Crippen LogP contribution in [0.15, 0.2) is 47.0 Å². The van der Waals surface area contributed by atoms with Gasteiger partial charge in [0.05, 0.1) is 23.9 Å². The first-order chi connectivity index (χ1) is 16.3. The van der Waals surface area contributed by atoms with Gasteiger partial charge in [-0.25, -0.2) is 0 Å². The van der Waals surface area contributed by atoms with Crippen LogP contribution in [0.1, 0.15) is 71.3 Å². The molecular weight excluding hydrogens is 429 g/mol. The summed E-state index contributed by atoms with van der Waals surface area (Å²) in [5.74, 6) is 0.241. The zero-order valence-electron chi connectivity index (χ0n) is 20.6. The van der Waals surface area contributed by atoms with Crippen molar-refractivity contribution in [2.45, 2.75) is 89.3 Å². The molecule has 0 N–H and O–H groups in total. The standard InChI is InChI=1S/C27H34BNO5/c1-26(2)27(3,4)34-28(33-26)20-15-17-12-13-22(30)29-21-10-6-5-9-18(21)24(25(17)29)19(20)16-32-23-11-7-8-14-31-23/h5-6,9-10,15,23-25H,7-8,11-14,16H2,1-4H3/t23?,24-,25+/m1/s1. The topological polar surface area (TPSA) is 57.2 Å². The Kier molecular flexibility index (Phi) is 5.34. The van der Waals surface area contributed by atoms with E-state index >= 15 is 0 Å². The quantitative estimate of drug-likeness (QED) is 0.607. The number of carbonyl (C=O) groups is 1. The lowest BCUT2D eigenvalue weighted by atomic mass is 9.65. The van der Waals surface area contributed by atoms with E-state index in [4.69, 9.17) is 18.8 Å². The minimum Gasteiger partial charge on any atom is -0.399 e. The highest BCUT2D eigenvalue weighted by Gasteiger charge is 2.56. The molecule has 3 atom stereocenters. The van der Waals surface area contributed by atoms with Gasteiger partial charge in [-0.3, -0.25) is 4.79 Å². The number of nitrogens with zero attached hydrogens (tertiary/aromatic N) is 1. The van der Waals surface area contributed by atoms with Crippen LogP contribution in [-0.2, 0) is 23.6 Å². The molecule has 0 radical (unpaired) electrons. The number of allylic oxidation sites excluding steroid dienone is 2. The van der Waals surface area contributed by atoms with Crippen LogP contribution in [0.4, 0.5) is 5.69 Å². The summed E-state index contributed by atoms with van der Waals surface area (Å²) in [7, 11) is -0.469. The summed E-state index contributed by atoms with van der Waals surface area (Å²) < 4.78 is 25.3. The lowest BCUT2D eigenvalue weighted by Gasteiger charge is -2.40. The van der Waals surface area contributed by atoms with E-state index < -0.39 is 18.3 Å². The molecule has 6 nitrogen and oxygen atoms in total. The van der Waals surface area contributed by atoms with Crippen LogP contribution in [0.2, 0.25) is 0 Å². The molecule has 7 heteroatoms. The number of hydrogen-bond donors (Lipinski definition) is 0. The maximum absolute atomic E-state index is 13.1. The minimum absolute atomic E-state index is 0.00991. The monoisotopic (exact) mass is 463 g/mol. The maximum atomic E-state index is 13.1. The van der Waals surface area contributed by atoms with Crippen LogP contribution in [-0.4, -0.2) is 49.8 Å². The Balaban J connectivity index is 1.45. The van der Waals surface area contributed by atoms with Gasteiger partial charge >= 0.3 is 7.12 Å². The first kappa shape index (κ1) is 22.5. The van der Waals surface area contributed by atoms with Crippen LogP contribution in [0, 0.1) is 0 Å². The zero-order valence-corrected chi connectivity index (χ0v) is 20.6. The summed E-state index contributed by atoms with van der Waals surface area (Å²) in [6, 6.07) is 8.33. The second-order valence-electron chi connectivity index (χ2n) is 11.1. The molecule has 0 spiro atoms. The molecule has 6 rings (SSSR count). The van der Waals surface area contributed by atoms with Gasteiger partial charge in [0, 0.05) is 24.6 Å². The van der Waals surface area contributed by atoms with Gasteiger partial charge in [0.2, 0.25) is 5.91 Å². The largest absolute Gasteiger partial charge is 0.494 e. The molecule has 1 aromatic rings. The average molecular weight is 463 g/mol. The van der Waals surface area contributed by atoms with Crippen LogP contribution >= 0.6 is 0 Å². The van der Waals surface area contributed by atoms with Crippen LogP contribution in [0.3, 0.4) is 0 Å². The first-order valence-electron chi connectivity index (χ1n) is 12.7. The van der Waals surface area contributed by atoms with Crippen molar-refractivity contribution in [1.82, 2.24) is 0 Å². The van der Waals surface area contributed by atoms with E-state index in [1.165, 1.54) is 11.1 Å². The molecule has 3 saturated heterocycles. The number of anilines is 1. The molecule has 3 fully saturated rings. The number of amides is 1. The molecule has 4 heterocycles. The molecule has 5 aliphatic rings. The third kappa shape index (κ3) is 3.43. The summed E-state index contributed by atoms with van der Waals surface area (Å²) in [4.78, 5) is 15.1. The summed E-state index contributed by atoms with van der Waals surface area (Å²) >= 11 is 0. The van der Waals surface area contributed by atoms with E-state index in [1.807, 2.05) is 11.0 Å². The SMILES string of the molecule is CC1(C)OB(C2=C(COC3CCCCO3)[C@H]3c4ccccc4N4C(=O)CCC(=C2)[C@@H]34)OC1(C)C. The van der Waals surface area contributed by atoms with Crippen molar-refractivity contribution in [1.29, 1.82) is 0 Å². The van der Waals surface area contributed by atoms with Gasteiger partial charge in [-0.1, -0.05) is 24.3 Å². The highest BCUT2D eigenvalue weighted by molar-refractivity contribution is 6.56. The number of rotatable bonds is 4. The van der Waals surface area contributed by atoms with E-state index in [0.717, 1.165) is 49.0 Å². The van der Waals surface area contributed by atoms with Crippen molar-refractivity contribution in [3.8, 4) is 0 Å². The Bertz CT molecular complexity index is 1050. The molecule has 180 valence electrons. The second kappa shape index (κ2) is 8.05. The summed E-state index contributed by atoms with van der Waals surface area (Å²) in [5.41, 5.74) is 4.83. The molecule has 0 bridgehead atoms.